The number of aromatic nitrogens is 1. The van der Waals surface area contributed by atoms with Crippen LogP contribution < -0.4 is 11.5 Å². The first-order chi connectivity index (χ1) is 6.06. The van der Waals surface area contributed by atoms with Crippen LogP contribution in [0.3, 0.4) is 0 Å². The fraction of sp³-hybridized carbons (Fsp3) is 0.286. The molecule has 0 saturated heterocycles. The Bertz CT molecular complexity index is 294. The number of anilines is 2. The molecule has 0 atom stereocenters. The molecule has 1 aromatic heterocycles. The zero-order valence-electron chi connectivity index (χ0n) is 6.67. The third-order valence-corrected chi connectivity index (χ3v) is 1.55. The minimum Gasteiger partial charge on any atom is -0.398 e. The Morgan fingerprint density at radius 1 is 1.46 bits per heavy atom. The second-order valence-electron chi connectivity index (χ2n) is 2.46. The summed E-state index contributed by atoms with van der Waals surface area (Å²) in [5, 5.41) is 8.65. The highest BCUT2D eigenvalue weighted by Crippen LogP contribution is 2.29. The highest BCUT2D eigenvalue weighted by molar-refractivity contribution is 5.58. The number of nitrogens with zero attached hydrogens (tertiary/aromatic N) is 1. The van der Waals surface area contributed by atoms with E-state index in [-0.39, 0.29) is 23.8 Å². The molecule has 13 heavy (non-hydrogen) atoms. The molecule has 0 aliphatic rings. The van der Waals surface area contributed by atoms with Crippen LogP contribution in [0.4, 0.5) is 20.3 Å². The molecule has 6 heteroatoms. The molecular formula is C7H9F2N3O. The molecule has 0 aliphatic carbocycles. The average molecular weight is 189 g/mol. The predicted octanol–water partition coefficient (Wildman–Crippen LogP) is 0.676. The van der Waals surface area contributed by atoms with Gasteiger partial charge in [0.15, 0.2) is 0 Å². The van der Waals surface area contributed by atoms with Crippen molar-refractivity contribution in [2.75, 3.05) is 11.5 Å². The molecule has 4 nitrogen and oxygen atoms in total. The van der Waals surface area contributed by atoms with Crippen molar-refractivity contribution in [2.24, 2.45) is 0 Å². The van der Waals surface area contributed by atoms with Gasteiger partial charge >= 0.3 is 0 Å². The minimum atomic E-state index is -2.75. The Labute approximate surface area is 73.2 Å². The van der Waals surface area contributed by atoms with Gasteiger partial charge in [0.2, 0.25) is 0 Å². The molecule has 0 amide bonds. The summed E-state index contributed by atoms with van der Waals surface area (Å²) in [6, 6.07) is 1.18. The fourth-order valence-corrected chi connectivity index (χ4v) is 0.971. The number of aliphatic hydroxyl groups excluding tert-OH is 1. The van der Waals surface area contributed by atoms with Crippen molar-refractivity contribution in [3.8, 4) is 0 Å². The third kappa shape index (κ3) is 1.83. The molecule has 1 aromatic rings. The van der Waals surface area contributed by atoms with E-state index in [2.05, 4.69) is 4.98 Å². The van der Waals surface area contributed by atoms with Gasteiger partial charge in [0, 0.05) is 5.69 Å². The topological polar surface area (TPSA) is 85.2 Å². The van der Waals surface area contributed by atoms with Gasteiger partial charge in [-0.2, -0.15) is 0 Å². The van der Waals surface area contributed by atoms with Crippen LogP contribution in [0.5, 0.6) is 0 Å². The van der Waals surface area contributed by atoms with E-state index < -0.39 is 12.0 Å². The summed E-state index contributed by atoms with van der Waals surface area (Å²) in [4.78, 5) is 3.54. The fourth-order valence-electron chi connectivity index (χ4n) is 0.971. The van der Waals surface area contributed by atoms with Crippen molar-refractivity contribution >= 4 is 11.5 Å². The predicted molar refractivity (Wildman–Crippen MR) is 43.9 cm³/mol. The Kier molecular flexibility index (Phi) is 2.62. The zero-order chi connectivity index (χ0) is 10.0. The molecule has 0 aliphatic heterocycles. The van der Waals surface area contributed by atoms with E-state index in [9.17, 15) is 8.78 Å². The number of nitrogen functional groups attached to an aromatic ring is 2. The highest BCUT2D eigenvalue weighted by atomic mass is 19.3. The van der Waals surface area contributed by atoms with Crippen LogP contribution in [-0.4, -0.2) is 10.1 Å². The standard InChI is InChI=1S/C7H9F2N3O/c8-6(9)5-4(10)1-3(2-13)12-7(5)11/h1,6,13H,2H2,(H4,10,11,12). The summed E-state index contributed by atoms with van der Waals surface area (Å²) in [5.74, 6) is -0.334. The quantitative estimate of drug-likeness (QED) is 0.638. The Morgan fingerprint density at radius 2 is 2.08 bits per heavy atom. The maximum Gasteiger partial charge on any atom is 0.269 e. The lowest BCUT2D eigenvalue weighted by Gasteiger charge is -2.08. The van der Waals surface area contributed by atoms with Gasteiger partial charge in [-0.1, -0.05) is 0 Å². The van der Waals surface area contributed by atoms with Crippen LogP contribution in [-0.2, 0) is 6.61 Å². The van der Waals surface area contributed by atoms with Crippen molar-refractivity contribution in [1.82, 2.24) is 4.98 Å². The van der Waals surface area contributed by atoms with Crippen molar-refractivity contribution in [1.29, 1.82) is 0 Å². The van der Waals surface area contributed by atoms with Crippen LogP contribution in [0.15, 0.2) is 6.07 Å². The van der Waals surface area contributed by atoms with Gasteiger partial charge in [-0.3, -0.25) is 0 Å². The molecule has 0 bridgehead atoms. The summed E-state index contributed by atoms with van der Waals surface area (Å²) >= 11 is 0. The second-order valence-corrected chi connectivity index (χ2v) is 2.46. The largest absolute Gasteiger partial charge is 0.398 e. The summed E-state index contributed by atoms with van der Waals surface area (Å²) in [7, 11) is 0. The smallest absolute Gasteiger partial charge is 0.269 e. The number of rotatable bonds is 2. The van der Waals surface area contributed by atoms with Crippen LogP contribution in [0.25, 0.3) is 0 Å². The average Bonchev–Trinajstić information content (AvgIpc) is 2.02. The number of hydrogen-bond donors (Lipinski definition) is 3. The first-order valence-electron chi connectivity index (χ1n) is 3.50. The molecule has 0 fully saturated rings. The van der Waals surface area contributed by atoms with Crippen LogP contribution in [0, 0.1) is 0 Å². The van der Waals surface area contributed by atoms with Crippen molar-refractivity contribution < 1.29 is 13.9 Å². The maximum atomic E-state index is 12.3. The molecular weight excluding hydrogens is 180 g/mol. The van der Waals surface area contributed by atoms with Crippen molar-refractivity contribution in [3.05, 3.63) is 17.3 Å². The van der Waals surface area contributed by atoms with Gasteiger partial charge in [-0.15, -0.1) is 0 Å². The lowest BCUT2D eigenvalue weighted by atomic mass is 10.2. The third-order valence-electron chi connectivity index (χ3n) is 1.55. The second kappa shape index (κ2) is 3.53. The van der Waals surface area contributed by atoms with E-state index >= 15 is 0 Å². The lowest BCUT2D eigenvalue weighted by molar-refractivity contribution is 0.152. The molecule has 0 radical (unpaired) electrons. The first-order valence-corrected chi connectivity index (χ1v) is 3.50. The van der Waals surface area contributed by atoms with Gasteiger partial charge in [-0.05, 0) is 6.07 Å². The molecule has 72 valence electrons. The highest BCUT2D eigenvalue weighted by Gasteiger charge is 2.17. The summed E-state index contributed by atoms with van der Waals surface area (Å²) in [6.45, 7) is -0.377. The zero-order valence-corrected chi connectivity index (χ0v) is 6.67. The summed E-state index contributed by atoms with van der Waals surface area (Å²) < 4.78 is 24.5. The SMILES string of the molecule is Nc1cc(CO)nc(N)c1C(F)F. The molecule has 1 heterocycles. The number of hydrogen-bond acceptors (Lipinski definition) is 4. The van der Waals surface area contributed by atoms with E-state index in [1.807, 2.05) is 0 Å². The molecule has 0 spiro atoms. The van der Waals surface area contributed by atoms with E-state index in [1.165, 1.54) is 6.07 Å². The van der Waals surface area contributed by atoms with Gasteiger partial charge in [0.25, 0.3) is 6.43 Å². The monoisotopic (exact) mass is 189 g/mol. The van der Waals surface area contributed by atoms with Crippen molar-refractivity contribution in [2.45, 2.75) is 13.0 Å². The van der Waals surface area contributed by atoms with Crippen molar-refractivity contribution in [3.63, 3.8) is 0 Å². The number of nitrogens with two attached hydrogens (primary N) is 2. The number of aliphatic hydroxyl groups is 1. The van der Waals surface area contributed by atoms with Gasteiger partial charge in [-0.25, -0.2) is 13.8 Å². The summed E-state index contributed by atoms with van der Waals surface area (Å²) in [6.07, 6.45) is -2.75. The Morgan fingerprint density at radius 3 is 2.46 bits per heavy atom. The first kappa shape index (κ1) is 9.66. The van der Waals surface area contributed by atoms with E-state index in [4.69, 9.17) is 16.6 Å². The summed E-state index contributed by atoms with van der Waals surface area (Å²) in [5.41, 5.74) is 10.1. The van der Waals surface area contributed by atoms with Crippen LogP contribution in [0.2, 0.25) is 0 Å². The van der Waals surface area contributed by atoms with E-state index in [0.717, 1.165) is 0 Å². The van der Waals surface area contributed by atoms with E-state index in [1.54, 1.807) is 0 Å². The van der Waals surface area contributed by atoms with E-state index in [0.29, 0.717) is 0 Å². The number of alkyl halides is 2. The molecule has 0 aromatic carbocycles. The molecule has 5 N–H and O–H groups in total. The van der Waals surface area contributed by atoms with Crippen LogP contribution in [0.1, 0.15) is 17.7 Å². The lowest BCUT2D eigenvalue weighted by Crippen LogP contribution is -2.06. The Hall–Kier alpha value is -1.43. The van der Waals surface area contributed by atoms with Gasteiger partial charge in [0.1, 0.15) is 5.82 Å². The van der Waals surface area contributed by atoms with Gasteiger partial charge < -0.3 is 16.6 Å². The maximum absolute atomic E-state index is 12.3. The normalized spacial score (nSPS) is 10.8. The molecule has 1 rings (SSSR count). The molecule has 0 unspecified atom stereocenters. The van der Waals surface area contributed by atoms with Gasteiger partial charge in [0.05, 0.1) is 17.9 Å². The van der Waals surface area contributed by atoms with Crippen LogP contribution >= 0.6 is 0 Å². The number of halogens is 2. The molecule has 0 saturated carbocycles. The number of pyridine rings is 1. The Balaban J connectivity index is 3.23. The minimum absolute atomic E-state index is 0.147.